The third-order valence-electron chi connectivity index (χ3n) is 3.29. The first-order valence-electron chi connectivity index (χ1n) is 6.33. The van der Waals surface area contributed by atoms with Gasteiger partial charge >= 0.3 is 0 Å². The van der Waals surface area contributed by atoms with Gasteiger partial charge in [0.25, 0.3) is 0 Å². The molecule has 0 aliphatic heterocycles. The number of hydrogen-bond donors (Lipinski definition) is 1. The van der Waals surface area contributed by atoms with Gasteiger partial charge in [0.1, 0.15) is 0 Å². The zero-order chi connectivity index (χ0) is 12.4. The molecule has 2 rings (SSSR count). The summed E-state index contributed by atoms with van der Waals surface area (Å²) in [7, 11) is 0. The monoisotopic (exact) mass is 296 g/mol. The van der Waals surface area contributed by atoms with Gasteiger partial charge in [0.15, 0.2) is 0 Å². The van der Waals surface area contributed by atoms with Gasteiger partial charge in [-0.1, -0.05) is 15.9 Å². The van der Waals surface area contributed by atoms with E-state index in [1.54, 1.807) is 0 Å². The van der Waals surface area contributed by atoms with Gasteiger partial charge in [0.05, 0.1) is 0 Å². The van der Waals surface area contributed by atoms with E-state index in [1.807, 2.05) is 6.07 Å². The van der Waals surface area contributed by atoms with E-state index in [1.165, 1.54) is 24.9 Å². The Kier molecular flexibility index (Phi) is 4.10. The van der Waals surface area contributed by atoms with Crippen molar-refractivity contribution >= 4 is 21.6 Å². The Balaban J connectivity index is 2.04. The molecule has 1 aliphatic carbocycles. The number of nitrogen functional groups attached to an aromatic ring is 1. The third kappa shape index (κ3) is 4.00. The van der Waals surface area contributed by atoms with Crippen LogP contribution in [0.15, 0.2) is 22.7 Å². The summed E-state index contributed by atoms with van der Waals surface area (Å²) in [6.45, 7) is 6.76. The number of benzene rings is 1. The van der Waals surface area contributed by atoms with Crippen molar-refractivity contribution in [3.63, 3.8) is 0 Å². The summed E-state index contributed by atoms with van der Waals surface area (Å²) in [6, 6.07) is 6.78. The van der Waals surface area contributed by atoms with Crippen LogP contribution in [0.25, 0.3) is 0 Å². The Labute approximate surface area is 112 Å². The molecule has 94 valence electrons. The Morgan fingerprint density at radius 1 is 1.35 bits per heavy atom. The highest BCUT2D eigenvalue weighted by Gasteiger charge is 2.25. The Hall–Kier alpha value is -0.540. The summed E-state index contributed by atoms with van der Waals surface area (Å²) >= 11 is 3.50. The zero-order valence-corrected chi connectivity index (χ0v) is 12.2. The maximum Gasteiger partial charge on any atom is 0.0328 e. The zero-order valence-electron chi connectivity index (χ0n) is 10.6. The molecular formula is C14H21BrN2. The van der Waals surface area contributed by atoms with Gasteiger partial charge in [-0.3, -0.25) is 4.90 Å². The van der Waals surface area contributed by atoms with Gasteiger partial charge in [-0.25, -0.2) is 0 Å². The van der Waals surface area contributed by atoms with E-state index in [0.29, 0.717) is 6.04 Å². The summed E-state index contributed by atoms with van der Waals surface area (Å²) < 4.78 is 1.07. The van der Waals surface area contributed by atoms with Crippen LogP contribution in [0.4, 0.5) is 5.69 Å². The first-order valence-corrected chi connectivity index (χ1v) is 7.13. The van der Waals surface area contributed by atoms with E-state index >= 15 is 0 Å². The maximum atomic E-state index is 5.88. The number of nitrogens with two attached hydrogens (primary N) is 1. The SMILES string of the molecule is CC(C)N(Cc1cc(N)cc(Br)c1)CC1CC1. The number of anilines is 1. The van der Waals surface area contributed by atoms with Gasteiger partial charge in [-0.05, 0) is 56.4 Å². The third-order valence-corrected chi connectivity index (χ3v) is 3.74. The molecular weight excluding hydrogens is 276 g/mol. The molecule has 0 radical (unpaired) electrons. The smallest absolute Gasteiger partial charge is 0.0328 e. The molecule has 1 aliphatic rings. The van der Waals surface area contributed by atoms with Gasteiger partial charge in [0.2, 0.25) is 0 Å². The molecule has 0 bridgehead atoms. The number of hydrogen-bond acceptors (Lipinski definition) is 2. The normalized spacial score (nSPS) is 15.8. The van der Waals surface area contributed by atoms with Crippen molar-refractivity contribution in [1.82, 2.24) is 4.90 Å². The Morgan fingerprint density at radius 3 is 2.59 bits per heavy atom. The molecule has 1 fully saturated rings. The predicted molar refractivity (Wildman–Crippen MR) is 76.8 cm³/mol. The molecule has 1 saturated carbocycles. The summed E-state index contributed by atoms with van der Waals surface area (Å²) in [6.07, 6.45) is 2.81. The summed E-state index contributed by atoms with van der Waals surface area (Å²) in [4.78, 5) is 2.54. The van der Waals surface area contributed by atoms with Crippen molar-refractivity contribution in [1.29, 1.82) is 0 Å². The molecule has 0 saturated heterocycles. The second kappa shape index (κ2) is 5.40. The largest absolute Gasteiger partial charge is 0.399 e. The lowest BCUT2D eigenvalue weighted by molar-refractivity contribution is 0.204. The standard InChI is InChI=1S/C14H21BrN2/c1-10(2)17(8-11-3-4-11)9-12-5-13(15)7-14(16)6-12/h5-7,10-11H,3-4,8-9,16H2,1-2H3. The molecule has 17 heavy (non-hydrogen) atoms. The highest BCUT2D eigenvalue weighted by atomic mass is 79.9. The van der Waals surface area contributed by atoms with Gasteiger partial charge in [-0.2, -0.15) is 0 Å². The van der Waals surface area contributed by atoms with Crippen molar-refractivity contribution in [2.45, 2.75) is 39.3 Å². The summed E-state index contributed by atoms with van der Waals surface area (Å²) in [5.41, 5.74) is 8.01. The van der Waals surface area contributed by atoms with Crippen LogP contribution in [-0.4, -0.2) is 17.5 Å². The minimum Gasteiger partial charge on any atom is -0.399 e. The fourth-order valence-corrected chi connectivity index (χ4v) is 2.65. The topological polar surface area (TPSA) is 29.3 Å². The van der Waals surface area contributed by atoms with Gasteiger partial charge in [0, 0.05) is 29.3 Å². The minimum absolute atomic E-state index is 0.593. The molecule has 0 heterocycles. The lowest BCUT2D eigenvalue weighted by Gasteiger charge is -2.26. The van der Waals surface area contributed by atoms with E-state index in [9.17, 15) is 0 Å². The van der Waals surface area contributed by atoms with Crippen molar-refractivity contribution in [3.05, 3.63) is 28.2 Å². The minimum atomic E-state index is 0.593. The van der Waals surface area contributed by atoms with E-state index in [-0.39, 0.29) is 0 Å². The van der Waals surface area contributed by atoms with E-state index in [2.05, 4.69) is 46.8 Å². The predicted octanol–water partition coefficient (Wildman–Crippen LogP) is 3.65. The molecule has 0 aromatic heterocycles. The van der Waals surface area contributed by atoms with E-state index in [4.69, 9.17) is 5.73 Å². The molecule has 0 atom stereocenters. The number of rotatable bonds is 5. The Morgan fingerprint density at radius 2 is 2.06 bits per heavy atom. The van der Waals surface area contributed by atoms with Gasteiger partial charge < -0.3 is 5.73 Å². The quantitative estimate of drug-likeness (QED) is 0.841. The van der Waals surface area contributed by atoms with Crippen LogP contribution in [0.2, 0.25) is 0 Å². The van der Waals surface area contributed by atoms with Crippen LogP contribution < -0.4 is 5.73 Å². The molecule has 2 N–H and O–H groups in total. The van der Waals surface area contributed by atoms with Crippen LogP contribution in [0.1, 0.15) is 32.3 Å². The molecule has 1 aromatic carbocycles. The first kappa shape index (κ1) is 12.9. The maximum absolute atomic E-state index is 5.88. The fourth-order valence-electron chi connectivity index (χ4n) is 2.09. The Bertz CT molecular complexity index is 366. The lowest BCUT2D eigenvalue weighted by atomic mass is 10.1. The van der Waals surface area contributed by atoms with Crippen LogP contribution in [0.3, 0.4) is 0 Å². The molecule has 1 aromatic rings. The van der Waals surface area contributed by atoms with Gasteiger partial charge in [-0.15, -0.1) is 0 Å². The fraction of sp³-hybridized carbons (Fsp3) is 0.571. The second-order valence-corrected chi connectivity index (χ2v) is 6.28. The van der Waals surface area contributed by atoms with Crippen LogP contribution in [0, 0.1) is 5.92 Å². The highest BCUT2D eigenvalue weighted by Crippen LogP contribution is 2.31. The lowest BCUT2D eigenvalue weighted by Crippen LogP contribution is -2.32. The molecule has 3 heteroatoms. The second-order valence-electron chi connectivity index (χ2n) is 5.36. The highest BCUT2D eigenvalue weighted by molar-refractivity contribution is 9.10. The van der Waals surface area contributed by atoms with Crippen molar-refractivity contribution in [2.24, 2.45) is 5.92 Å². The molecule has 0 spiro atoms. The molecule has 2 nitrogen and oxygen atoms in total. The molecule has 0 amide bonds. The first-order chi connectivity index (χ1) is 8.04. The van der Waals surface area contributed by atoms with Crippen molar-refractivity contribution < 1.29 is 0 Å². The average molecular weight is 297 g/mol. The van der Waals surface area contributed by atoms with E-state index in [0.717, 1.165) is 22.6 Å². The van der Waals surface area contributed by atoms with Crippen LogP contribution in [-0.2, 0) is 6.54 Å². The van der Waals surface area contributed by atoms with Crippen molar-refractivity contribution in [2.75, 3.05) is 12.3 Å². The van der Waals surface area contributed by atoms with E-state index < -0.39 is 0 Å². The number of nitrogens with zero attached hydrogens (tertiary/aromatic N) is 1. The number of halogens is 1. The summed E-state index contributed by atoms with van der Waals surface area (Å²) in [5, 5.41) is 0. The van der Waals surface area contributed by atoms with Crippen LogP contribution >= 0.6 is 15.9 Å². The average Bonchev–Trinajstić information content (AvgIpc) is 2.98. The van der Waals surface area contributed by atoms with Crippen molar-refractivity contribution in [3.8, 4) is 0 Å². The van der Waals surface area contributed by atoms with Crippen LogP contribution in [0.5, 0.6) is 0 Å². The molecule has 0 unspecified atom stereocenters. The summed E-state index contributed by atoms with van der Waals surface area (Å²) in [5.74, 6) is 0.932.